The minimum Gasteiger partial charge on any atom is -0.382 e. The predicted octanol–water partition coefficient (Wildman–Crippen LogP) is 1.59. The van der Waals surface area contributed by atoms with Crippen molar-refractivity contribution in [1.29, 1.82) is 0 Å². The molecule has 2 heterocycles. The van der Waals surface area contributed by atoms with E-state index in [-0.39, 0.29) is 0 Å². The third-order valence-electron chi connectivity index (χ3n) is 3.21. The summed E-state index contributed by atoms with van der Waals surface area (Å²) in [5.41, 5.74) is 5.83. The van der Waals surface area contributed by atoms with Crippen molar-refractivity contribution in [3.63, 3.8) is 0 Å². The number of nitrogens with two attached hydrogens (primary N) is 1. The van der Waals surface area contributed by atoms with Crippen LogP contribution in [0.4, 0.5) is 11.6 Å². The number of nitrogen functional groups attached to an aromatic ring is 1. The average Bonchev–Trinajstić information content (AvgIpc) is 2.58. The molecule has 0 aliphatic carbocycles. The molecule has 96 valence electrons. The summed E-state index contributed by atoms with van der Waals surface area (Å²) in [5.74, 6) is 2.27. The molecule has 0 spiro atoms. The second-order valence-corrected chi connectivity index (χ2v) is 4.99. The molecule has 1 aliphatic rings. The van der Waals surface area contributed by atoms with Crippen molar-refractivity contribution in [1.82, 2.24) is 14.9 Å². The Bertz CT molecular complexity index is 354. The van der Waals surface area contributed by atoms with Crippen molar-refractivity contribution in [3.05, 3.63) is 5.82 Å². The third-order valence-corrected chi connectivity index (χ3v) is 3.21. The van der Waals surface area contributed by atoms with Crippen molar-refractivity contribution in [2.75, 3.05) is 30.7 Å². The SMILES string of the molecule is Cc1nc(NC(C)CN2CCCCC2)c(N)[nH]1. The van der Waals surface area contributed by atoms with Crippen LogP contribution in [0, 0.1) is 6.92 Å². The molecular weight excluding hydrogens is 214 g/mol. The fraction of sp³-hybridized carbons (Fsp3) is 0.750. The number of likely N-dealkylation sites (tertiary alicyclic amines) is 1. The Morgan fingerprint density at radius 2 is 2.12 bits per heavy atom. The first-order chi connectivity index (χ1) is 8.15. The lowest BCUT2D eigenvalue weighted by Crippen LogP contribution is -2.38. The topological polar surface area (TPSA) is 70.0 Å². The molecule has 0 bridgehead atoms. The second-order valence-electron chi connectivity index (χ2n) is 4.99. The number of aryl methyl sites for hydroxylation is 1. The number of nitrogens with zero attached hydrogens (tertiary/aromatic N) is 2. The molecule has 0 aromatic carbocycles. The van der Waals surface area contributed by atoms with E-state index >= 15 is 0 Å². The zero-order valence-corrected chi connectivity index (χ0v) is 10.8. The van der Waals surface area contributed by atoms with E-state index in [2.05, 4.69) is 27.1 Å². The van der Waals surface area contributed by atoms with Crippen molar-refractivity contribution >= 4 is 11.6 Å². The summed E-state index contributed by atoms with van der Waals surface area (Å²) in [4.78, 5) is 9.85. The van der Waals surface area contributed by atoms with Crippen molar-refractivity contribution in [2.45, 2.75) is 39.2 Å². The highest BCUT2D eigenvalue weighted by Crippen LogP contribution is 2.16. The van der Waals surface area contributed by atoms with Gasteiger partial charge in [0.2, 0.25) is 0 Å². The molecule has 1 unspecified atom stereocenters. The number of rotatable bonds is 4. The number of imidazole rings is 1. The first-order valence-corrected chi connectivity index (χ1v) is 6.46. The van der Waals surface area contributed by atoms with Gasteiger partial charge in [0.05, 0.1) is 0 Å². The first-order valence-electron chi connectivity index (χ1n) is 6.46. The summed E-state index contributed by atoms with van der Waals surface area (Å²) in [6.07, 6.45) is 4.04. The molecule has 17 heavy (non-hydrogen) atoms. The van der Waals surface area contributed by atoms with Gasteiger partial charge in [0, 0.05) is 12.6 Å². The molecule has 2 rings (SSSR count). The predicted molar refractivity (Wildman–Crippen MR) is 71.1 cm³/mol. The van der Waals surface area contributed by atoms with E-state index < -0.39 is 0 Å². The summed E-state index contributed by atoms with van der Waals surface area (Å²) < 4.78 is 0. The third kappa shape index (κ3) is 3.36. The molecule has 0 radical (unpaired) electrons. The quantitative estimate of drug-likeness (QED) is 0.743. The van der Waals surface area contributed by atoms with Gasteiger partial charge in [-0.25, -0.2) is 4.98 Å². The van der Waals surface area contributed by atoms with Crippen LogP contribution in [0.5, 0.6) is 0 Å². The molecule has 1 fully saturated rings. The highest BCUT2D eigenvalue weighted by Gasteiger charge is 2.14. The Hall–Kier alpha value is -1.23. The lowest BCUT2D eigenvalue weighted by atomic mass is 10.1. The van der Waals surface area contributed by atoms with Crippen molar-refractivity contribution in [2.24, 2.45) is 0 Å². The van der Waals surface area contributed by atoms with Gasteiger partial charge in [-0.2, -0.15) is 0 Å². The van der Waals surface area contributed by atoms with Gasteiger partial charge in [-0.15, -0.1) is 0 Å². The van der Waals surface area contributed by atoms with Crippen LogP contribution in [-0.2, 0) is 0 Å². The monoisotopic (exact) mass is 237 g/mol. The minimum absolute atomic E-state index is 0.373. The normalized spacial score (nSPS) is 19.2. The molecule has 1 aliphatic heterocycles. The van der Waals surface area contributed by atoms with Crippen LogP contribution in [0.3, 0.4) is 0 Å². The van der Waals surface area contributed by atoms with E-state index in [0.717, 1.165) is 18.2 Å². The van der Waals surface area contributed by atoms with Gasteiger partial charge >= 0.3 is 0 Å². The summed E-state index contributed by atoms with van der Waals surface area (Å²) in [6, 6.07) is 0.373. The van der Waals surface area contributed by atoms with Crippen molar-refractivity contribution in [3.8, 4) is 0 Å². The zero-order valence-electron chi connectivity index (χ0n) is 10.8. The van der Waals surface area contributed by atoms with E-state index in [4.69, 9.17) is 5.73 Å². The molecule has 1 saturated heterocycles. The molecule has 0 amide bonds. The van der Waals surface area contributed by atoms with Crippen molar-refractivity contribution < 1.29 is 0 Å². The maximum Gasteiger partial charge on any atom is 0.169 e. The molecule has 1 atom stereocenters. The number of aromatic nitrogens is 2. The van der Waals surface area contributed by atoms with Crippen LogP contribution in [-0.4, -0.2) is 40.5 Å². The maximum atomic E-state index is 5.83. The van der Waals surface area contributed by atoms with E-state index in [1.54, 1.807) is 0 Å². The van der Waals surface area contributed by atoms with Gasteiger partial charge in [0.15, 0.2) is 5.82 Å². The van der Waals surface area contributed by atoms with Gasteiger partial charge in [-0.05, 0) is 39.8 Å². The van der Waals surface area contributed by atoms with E-state index in [0.29, 0.717) is 11.9 Å². The molecule has 1 aromatic heterocycles. The van der Waals surface area contributed by atoms with Gasteiger partial charge in [-0.1, -0.05) is 6.42 Å². The van der Waals surface area contributed by atoms with E-state index in [1.165, 1.54) is 32.4 Å². The number of H-pyrrole nitrogens is 1. The first kappa shape index (κ1) is 12.2. The number of piperidine rings is 1. The summed E-state index contributed by atoms with van der Waals surface area (Å²) in [5, 5.41) is 3.37. The molecule has 4 N–H and O–H groups in total. The second kappa shape index (κ2) is 5.40. The fourth-order valence-corrected chi connectivity index (χ4v) is 2.43. The van der Waals surface area contributed by atoms with E-state index in [1.807, 2.05) is 6.92 Å². The fourth-order valence-electron chi connectivity index (χ4n) is 2.43. The minimum atomic E-state index is 0.373. The Balaban J connectivity index is 1.83. The van der Waals surface area contributed by atoms with E-state index in [9.17, 15) is 0 Å². The van der Waals surface area contributed by atoms with Crippen LogP contribution in [0.25, 0.3) is 0 Å². The molecule has 5 nitrogen and oxygen atoms in total. The van der Waals surface area contributed by atoms with Crippen LogP contribution in [0.15, 0.2) is 0 Å². The molecule has 5 heteroatoms. The number of nitrogens with one attached hydrogen (secondary N) is 2. The number of hydrogen-bond donors (Lipinski definition) is 3. The maximum absolute atomic E-state index is 5.83. The number of anilines is 2. The Kier molecular flexibility index (Phi) is 3.89. The van der Waals surface area contributed by atoms with Gasteiger partial charge in [0.25, 0.3) is 0 Å². The zero-order chi connectivity index (χ0) is 12.3. The highest BCUT2D eigenvalue weighted by atomic mass is 15.2. The average molecular weight is 237 g/mol. The highest BCUT2D eigenvalue weighted by molar-refractivity contribution is 5.57. The van der Waals surface area contributed by atoms with Crippen LogP contribution in [0.2, 0.25) is 0 Å². The van der Waals surface area contributed by atoms with Crippen LogP contribution in [0.1, 0.15) is 32.0 Å². The summed E-state index contributed by atoms with van der Waals surface area (Å²) >= 11 is 0. The Labute approximate surface area is 103 Å². The van der Waals surface area contributed by atoms with Gasteiger partial charge < -0.3 is 20.9 Å². The molecule has 1 aromatic rings. The van der Waals surface area contributed by atoms with Crippen LogP contribution >= 0.6 is 0 Å². The molecule has 0 saturated carbocycles. The lowest BCUT2D eigenvalue weighted by molar-refractivity contribution is 0.223. The smallest absolute Gasteiger partial charge is 0.169 e. The standard InChI is InChI=1S/C12H23N5/c1-9(8-17-6-4-3-5-7-17)14-12-11(13)15-10(2)16-12/h9,14H,3-8,13H2,1-2H3,(H,15,16). The summed E-state index contributed by atoms with van der Waals surface area (Å²) in [6.45, 7) is 7.60. The van der Waals surface area contributed by atoms with Crippen LogP contribution < -0.4 is 11.1 Å². The largest absolute Gasteiger partial charge is 0.382 e. The van der Waals surface area contributed by atoms with Gasteiger partial charge in [0.1, 0.15) is 11.6 Å². The molecular formula is C12H23N5. The van der Waals surface area contributed by atoms with Gasteiger partial charge in [-0.3, -0.25) is 0 Å². The number of aromatic amines is 1. The summed E-state index contributed by atoms with van der Waals surface area (Å²) in [7, 11) is 0. The lowest BCUT2D eigenvalue weighted by Gasteiger charge is -2.29. The number of hydrogen-bond acceptors (Lipinski definition) is 4. The Morgan fingerprint density at radius 3 is 2.71 bits per heavy atom. The Morgan fingerprint density at radius 1 is 1.41 bits per heavy atom.